The molecule has 1 aromatic carbocycles. The summed E-state index contributed by atoms with van der Waals surface area (Å²) in [4.78, 5) is 2.45. The third-order valence-corrected chi connectivity index (χ3v) is 4.23. The molecule has 2 fully saturated rings. The Morgan fingerprint density at radius 1 is 1.25 bits per heavy atom. The Labute approximate surface area is 120 Å². The zero-order chi connectivity index (χ0) is 14.1. The van der Waals surface area contributed by atoms with Crippen LogP contribution in [0, 0.1) is 18.8 Å². The third kappa shape index (κ3) is 3.06. The van der Waals surface area contributed by atoms with E-state index in [1.165, 1.54) is 31.2 Å². The SMILES string of the molecule is Cc1ccc(C(N)=NO)c(N(CC2CC2)CC2CC2)c1. The summed E-state index contributed by atoms with van der Waals surface area (Å²) in [6, 6.07) is 6.15. The molecule has 108 valence electrons. The third-order valence-electron chi connectivity index (χ3n) is 4.23. The van der Waals surface area contributed by atoms with Crippen LogP contribution in [0.3, 0.4) is 0 Å². The van der Waals surface area contributed by atoms with Gasteiger partial charge in [-0.1, -0.05) is 11.2 Å². The molecule has 0 bridgehead atoms. The summed E-state index contributed by atoms with van der Waals surface area (Å²) >= 11 is 0. The molecule has 0 unspecified atom stereocenters. The van der Waals surface area contributed by atoms with Crippen LogP contribution in [-0.4, -0.2) is 24.1 Å². The predicted molar refractivity (Wildman–Crippen MR) is 81.4 cm³/mol. The Hall–Kier alpha value is -1.71. The van der Waals surface area contributed by atoms with E-state index in [1.54, 1.807) is 0 Å². The second kappa shape index (κ2) is 5.35. The van der Waals surface area contributed by atoms with E-state index >= 15 is 0 Å². The highest BCUT2D eigenvalue weighted by molar-refractivity contribution is 6.02. The molecule has 4 nitrogen and oxygen atoms in total. The second-order valence-corrected chi connectivity index (χ2v) is 6.30. The van der Waals surface area contributed by atoms with Crippen molar-refractivity contribution in [3.8, 4) is 0 Å². The van der Waals surface area contributed by atoms with Crippen molar-refractivity contribution < 1.29 is 5.21 Å². The lowest BCUT2D eigenvalue weighted by Crippen LogP contribution is -2.30. The number of benzene rings is 1. The molecule has 3 N–H and O–H groups in total. The minimum atomic E-state index is 0.205. The fourth-order valence-corrected chi connectivity index (χ4v) is 2.67. The number of nitrogens with two attached hydrogens (primary N) is 1. The van der Waals surface area contributed by atoms with Crippen molar-refractivity contribution in [3.05, 3.63) is 29.3 Å². The molecule has 0 aliphatic heterocycles. The van der Waals surface area contributed by atoms with Gasteiger partial charge in [0.05, 0.1) is 0 Å². The van der Waals surface area contributed by atoms with Gasteiger partial charge in [-0.15, -0.1) is 0 Å². The second-order valence-electron chi connectivity index (χ2n) is 6.30. The van der Waals surface area contributed by atoms with E-state index in [0.29, 0.717) is 0 Å². The van der Waals surface area contributed by atoms with Crippen LogP contribution in [0.2, 0.25) is 0 Å². The molecule has 1 aromatic rings. The average Bonchev–Trinajstić information content (AvgIpc) is 3.32. The number of anilines is 1. The molecule has 3 rings (SSSR count). The van der Waals surface area contributed by atoms with Crippen LogP contribution in [-0.2, 0) is 0 Å². The van der Waals surface area contributed by atoms with Gasteiger partial charge in [0, 0.05) is 24.3 Å². The molecule has 0 aromatic heterocycles. The quantitative estimate of drug-likeness (QED) is 0.362. The van der Waals surface area contributed by atoms with Crippen LogP contribution >= 0.6 is 0 Å². The minimum Gasteiger partial charge on any atom is -0.409 e. The number of hydrogen-bond donors (Lipinski definition) is 2. The van der Waals surface area contributed by atoms with Gasteiger partial charge in [-0.3, -0.25) is 0 Å². The lowest BCUT2D eigenvalue weighted by molar-refractivity contribution is 0.318. The van der Waals surface area contributed by atoms with Gasteiger partial charge in [0.15, 0.2) is 5.84 Å². The maximum absolute atomic E-state index is 9.00. The average molecular weight is 273 g/mol. The van der Waals surface area contributed by atoms with Crippen LogP contribution < -0.4 is 10.6 Å². The summed E-state index contributed by atoms with van der Waals surface area (Å²) in [5.74, 6) is 1.86. The fourth-order valence-electron chi connectivity index (χ4n) is 2.67. The van der Waals surface area contributed by atoms with E-state index in [1.807, 2.05) is 12.1 Å². The molecule has 0 atom stereocenters. The first-order valence-corrected chi connectivity index (χ1v) is 7.51. The van der Waals surface area contributed by atoms with Crippen molar-refractivity contribution in [1.29, 1.82) is 0 Å². The van der Waals surface area contributed by atoms with E-state index in [4.69, 9.17) is 10.9 Å². The highest BCUT2D eigenvalue weighted by Crippen LogP contribution is 2.36. The van der Waals surface area contributed by atoms with Crippen LogP contribution in [0.5, 0.6) is 0 Å². The van der Waals surface area contributed by atoms with E-state index < -0.39 is 0 Å². The zero-order valence-electron chi connectivity index (χ0n) is 12.0. The van der Waals surface area contributed by atoms with Crippen molar-refractivity contribution in [2.45, 2.75) is 32.6 Å². The lowest BCUT2D eigenvalue weighted by Gasteiger charge is -2.27. The molecule has 4 heteroatoms. The maximum Gasteiger partial charge on any atom is 0.172 e. The Balaban J connectivity index is 1.91. The van der Waals surface area contributed by atoms with Crippen molar-refractivity contribution in [1.82, 2.24) is 0 Å². The van der Waals surface area contributed by atoms with Crippen molar-refractivity contribution in [2.24, 2.45) is 22.7 Å². The minimum absolute atomic E-state index is 0.205. The van der Waals surface area contributed by atoms with E-state index in [-0.39, 0.29) is 5.84 Å². The van der Waals surface area contributed by atoms with Gasteiger partial charge < -0.3 is 15.8 Å². The molecule has 2 aliphatic rings. The van der Waals surface area contributed by atoms with Crippen LogP contribution in [0.25, 0.3) is 0 Å². The van der Waals surface area contributed by atoms with Gasteiger partial charge in [0.25, 0.3) is 0 Å². The number of rotatable bonds is 6. The molecule has 2 aliphatic carbocycles. The number of aryl methyl sites for hydroxylation is 1. The van der Waals surface area contributed by atoms with Crippen LogP contribution in [0.4, 0.5) is 5.69 Å². The van der Waals surface area contributed by atoms with Crippen molar-refractivity contribution >= 4 is 11.5 Å². The van der Waals surface area contributed by atoms with Gasteiger partial charge in [-0.05, 0) is 62.1 Å². The molecule has 2 saturated carbocycles. The first kappa shape index (κ1) is 13.3. The summed E-state index contributed by atoms with van der Waals surface area (Å²) < 4.78 is 0. The Bertz CT molecular complexity index is 504. The highest BCUT2D eigenvalue weighted by Gasteiger charge is 2.30. The molecule has 0 heterocycles. The zero-order valence-corrected chi connectivity index (χ0v) is 12.0. The van der Waals surface area contributed by atoms with E-state index in [9.17, 15) is 0 Å². The smallest absolute Gasteiger partial charge is 0.172 e. The number of nitrogens with zero attached hydrogens (tertiary/aromatic N) is 2. The predicted octanol–water partition coefficient (Wildman–Crippen LogP) is 2.72. The summed E-state index contributed by atoms with van der Waals surface area (Å²) in [5.41, 5.74) is 9.03. The van der Waals surface area contributed by atoms with Crippen molar-refractivity contribution in [2.75, 3.05) is 18.0 Å². The normalized spacial score (nSPS) is 19.1. The molecule has 0 radical (unpaired) electrons. The van der Waals surface area contributed by atoms with Gasteiger partial charge in [0.1, 0.15) is 0 Å². The molecule has 0 spiro atoms. The number of hydrogen-bond acceptors (Lipinski definition) is 3. The Morgan fingerprint density at radius 3 is 2.35 bits per heavy atom. The molecule has 0 amide bonds. The molecular weight excluding hydrogens is 250 g/mol. The van der Waals surface area contributed by atoms with Crippen molar-refractivity contribution in [3.63, 3.8) is 0 Å². The largest absolute Gasteiger partial charge is 0.409 e. The molecule has 0 saturated heterocycles. The topological polar surface area (TPSA) is 61.9 Å². The summed E-state index contributed by atoms with van der Waals surface area (Å²) in [5, 5.41) is 12.2. The highest BCUT2D eigenvalue weighted by atomic mass is 16.4. The van der Waals surface area contributed by atoms with Crippen LogP contribution in [0.1, 0.15) is 36.8 Å². The van der Waals surface area contributed by atoms with Gasteiger partial charge >= 0.3 is 0 Å². The summed E-state index contributed by atoms with van der Waals surface area (Å²) in [7, 11) is 0. The number of amidine groups is 1. The van der Waals surface area contributed by atoms with E-state index in [0.717, 1.165) is 36.2 Å². The van der Waals surface area contributed by atoms with Gasteiger partial charge in [-0.2, -0.15) is 0 Å². The monoisotopic (exact) mass is 273 g/mol. The Morgan fingerprint density at radius 2 is 1.85 bits per heavy atom. The summed E-state index contributed by atoms with van der Waals surface area (Å²) in [6.45, 7) is 4.29. The van der Waals surface area contributed by atoms with E-state index in [2.05, 4.69) is 23.0 Å². The fraction of sp³-hybridized carbons (Fsp3) is 0.562. The van der Waals surface area contributed by atoms with Crippen LogP contribution in [0.15, 0.2) is 23.4 Å². The standard InChI is InChI=1S/C16H23N3O/c1-11-2-7-14(16(17)18-20)15(8-11)19(9-12-3-4-12)10-13-5-6-13/h2,7-8,12-13,20H,3-6,9-10H2,1H3,(H2,17,18). The first-order valence-electron chi connectivity index (χ1n) is 7.51. The number of oxime groups is 1. The Kier molecular flexibility index (Phi) is 3.55. The van der Waals surface area contributed by atoms with Gasteiger partial charge in [0.2, 0.25) is 0 Å². The first-order chi connectivity index (χ1) is 9.67. The summed E-state index contributed by atoms with van der Waals surface area (Å²) in [6.07, 6.45) is 5.36. The lowest BCUT2D eigenvalue weighted by atomic mass is 10.1. The molecule has 20 heavy (non-hydrogen) atoms. The molecular formula is C16H23N3O. The van der Waals surface area contributed by atoms with Gasteiger partial charge in [-0.25, -0.2) is 0 Å². The maximum atomic E-state index is 9.00.